The number of aliphatic imine (C=N–C) groups is 1. The molecule has 0 radical (unpaired) electrons. The van der Waals surface area contributed by atoms with E-state index in [9.17, 15) is 0 Å². The lowest BCUT2D eigenvalue weighted by Crippen LogP contribution is -2.44. The minimum Gasteiger partial charge on any atom is -0.493 e. The molecule has 25 heavy (non-hydrogen) atoms. The lowest BCUT2D eigenvalue weighted by atomic mass is 10.1. The minimum absolute atomic E-state index is 0.335. The minimum atomic E-state index is 0.335. The van der Waals surface area contributed by atoms with Crippen molar-refractivity contribution in [2.75, 3.05) is 27.4 Å². The van der Waals surface area contributed by atoms with Gasteiger partial charge < -0.3 is 24.8 Å². The Morgan fingerprint density at radius 1 is 1.08 bits per heavy atom. The molecule has 6 nitrogen and oxygen atoms in total. The van der Waals surface area contributed by atoms with Crippen molar-refractivity contribution in [1.29, 1.82) is 0 Å². The summed E-state index contributed by atoms with van der Waals surface area (Å²) in [4.78, 5) is 4.68. The average molecular weight is 351 g/mol. The summed E-state index contributed by atoms with van der Waals surface area (Å²) in [6.07, 6.45) is 0. The Labute approximate surface area is 152 Å². The van der Waals surface area contributed by atoms with Gasteiger partial charge in [0.25, 0.3) is 0 Å². The van der Waals surface area contributed by atoms with E-state index in [1.54, 1.807) is 14.2 Å². The van der Waals surface area contributed by atoms with E-state index in [2.05, 4.69) is 43.3 Å². The smallest absolute Gasteiger partial charge is 0.203 e. The monoisotopic (exact) mass is 351 g/mol. The number of hydrogen-bond donors (Lipinski definition) is 2. The highest BCUT2D eigenvalue weighted by molar-refractivity contribution is 5.80. The molecule has 0 fully saturated rings. The van der Waals surface area contributed by atoms with Crippen LogP contribution >= 0.6 is 0 Å². The van der Waals surface area contributed by atoms with Crippen LogP contribution in [-0.4, -0.2) is 39.4 Å². The van der Waals surface area contributed by atoms with Gasteiger partial charge in [-0.05, 0) is 44.4 Å². The van der Waals surface area contributed by atoms with Crippen molar-refractivity contribution in [3.8, 4) is 17.2 Å². The van der Waals surface area contributed by atoms with Crippen LogP contribution in [-0.2, 0) is 6.54 Å². The SMILES string of the molecule is CCNC(=NCc1cc(OC)c(OCC)c(OC)c1)NC(C)C(C)C. The maximum absolute atomic E-state index is 5.64. The number of nitrogens with zero attached hydrogens (tertiary/aromatic N) is 1. The molecule has 1 aromatic rings. The van der Waals surface area contributed by atoms with Crippen molar-refractivity contribution in [2.24, 2.45) is 10.9 Å². The van der Waals surface area contributed by atoms with Gasteiger partial charge in [-0.3, -0.25) is 0 Å². The van der Waals surface area contributed by atoms with Gasteiger partial charge in [-0.1, -0.05) is 13.8 Å². The molecule has 142 valence electrons. The third kappa shape index (κ3) is 6.36. The standard InChI is InChI=1S/C19H33N3O3/c1-8-20-19(22-14(5)13(3)4)21-12-15-10-16(23-6)18(25-9-2)17(11-15)24-7/h10-11,13-14H,8-9,12H2,1-7H3,(H2,20,21,22). The summed E-state index contributed by atoms with van der Waals surface area (Å²) in [6.45, 7) is 12.4. The number of guanidine groups is 1. The van der Waals surface area contributed by atoms with Crippen molar-refractivity contribution in [3.05, 3.63) is 17.7 Å². The number of ether oxygens (including phenoxy) is 3. The van der Waals surface area contributed by atoms with Gasteiger partial charge in [0.05, 0.1) is 27.4 Å². The second-order valence-electron chi connectivity index (χ2n) is 6.13. The lowest BCUT2D eigenvalue weighted by molar-refractivity contribution is 0.288. The van der Waals surface area contributed by atoms with Crippen LogP contribution in [0.4, 0.5) is 0 Å². The molecule has 0 aliphatic heterocycles. The molecule has 0 aromatic heterocycles. The van der Waals surface area contributed by atoms with E-state index in [0.29, 0.717) is 42.4 Å². The molecule has 0 saturated heterocycles. The van der Waals surface area contributed by atoms with Gasteiger partial charge >= 0.3 is 0 Å². The molecular formula is C19H33N3O3. The molecule has 0 spiro atoms. The Morgan fingerprint density at radius 2 is 1.68 bits per heavy atom. The fraction of sp³-hybridized carbons (Fsp3) is 0.632. The molecular weight excluding hydrogens is 318 g/mol. The molecule has 6 heteroatoms. The summed E-state index contributed by atoms with van der Waals surface area (Å²) >= 11 is 0. The Morgan fingerprint density at radius 3 is 2.12 bits per heavy atom. The van der Waals surface area contributed by atoms with Crippen molar-refractivity contribution >= 4 is 5.96 Å². The van der Waals surface area contributed by atoms with E-state index < -0.39 is 0 Å². The van der Waals surface area contributed by atoms with Crippen molar-refractivity contribution < 1.29 is 14.2 Å². The van der Waals surface area contributed by atoms with E-state index in [1.165, 1.54) is 0 Å². The van der Waals surface area contributed by atoms with Crippen LogP contribution < -0.4 is 24.8 Å². The predicted octanol–water partition coefficient (Wildman–Crippen LogP) is 3.20. The predicted molar refractivity (Wildman–Crippen MR) is 103 cm³/mol. The first-order chi connectivity index (χ1) is 12.0. The van der Waals surface area contributed by atoms with Gasteiger partial charge in [0, 0.05) is 12.6 Å². The quantitative estimate of drug-likeness (QED) is 0.528. The summed E-state index contributed by atoms with van der Waals surface area (Å²) in [6, 6.07) is 4.21. The zero-order valence-electron chi connectivity index (χ0n) is 16.6. The van der Waals surface area contributed by atoms with Crippen LogP contribution in [0.15, 0.2) is 17.1 Å². The zero-order chi connectivity index (χ0) is 18.8. The normalized spacial score (nSPS) is 12.7. The van der Waals surface area contributed by atoms with Crippen molar-refractivity contribution in [3.63, 3.8) is 0 Å². The summed E-state index contributed by atoms with van der Waals surface area (Å²) in [5, 5.41) is 6.71. The van der Waals surface area contributed by atoms with Gasteiger partial charge in [0.2, 0.25) is 5.75 Å². The number of rotatable bonds is 9. The largest absolute Gasteiger partial charge is 0.493 e. The van der Waals surface area contributed by atoms with Crippen LogP contribution in [0.2, 0.25) is 0 Å². The molecule has 1 atom stereocenters. The molecule has 1 unspecified atom stereocenters. The lowest BCUT2D eigenvalue weighted by Gasteiger charge is -2.21. The molecule has 0 bridgehead atoms. The van der Waals surface area contributed by atoms with E-state index in [1.807, 2.05) is 19.1 Å². The second-order valence-corrected chi connectivity index (χ2v) is 6.13. The summed E-state index contributed by atoms with van der Waals surface area (Å²) in [5.74, 6) is 3.25. The fourth-order valence-electron chi connectivity index (χ4n) is 2.18. The highest BCUT2D eigenvalue weighted by Crippen LogP contribution is 2.38. The van der Waals surface area contributed by atoms with E-state index in [0.717, 1.165) is 18.1 Å². The van der Waals surface area contributed by atoms with Crippen LogP contribution in [0.1, 0.15) is 40.2 Å². The third-order valence-corrected chi connectivity index (χ3v) is 3.94. The first-order valence-corrected chi connectivity index (χ1v) is 8.89. The highest BCUT2D eigenvalue weighted by Gasteiger charge is 2.14. The Hall–Kier alpha value is -2.11. The van der Waals surface area contributed by atoms with Crippen molar-refractivity contribution in [2.45, 2.75) is 47.2 Å². The highest BCUT2D eigenvalue weighted by atomic mass is 16.5. The second kappa shape index (κ2) is 10.7. The van der Waals surface area contributed by atoms with E-state index >= 15 is 0 Å². The van der Waals surface area contributed by atoms with E-state index in [-0.39, 0.29) is 0 Å². The molecule has 0 saturated carbocycles. The third-order valence-electron chi connectivity index (χ3n) is 3.94. The molecule has 2 N–H and O–H groups in total. The van der Waals surface area contributed by atoms with Crippen LogP contribution in [0.5, 0.6) is 17.2 Å². The molecule has 1 rings (SSSR count). The first-order valence-electron chi connectivity index (χ1n) is 8.89. The van der Waals surface area contributed by atoms with Crippen LogP contribution in [0.25, 0.3) is 0 Å². The maximum Gasteiger partial charge on any atom is 0.203 e. The zero-order valence-corrected chi connectivity index (χ0v) is 16.6. The van der Waals surface area contributed by atoms with E-state index in [4.69, 9.17) is 14.2 Å². The maximum atomic E-state index is 5.64. The number of methoxy groups -OCH3 is 2. The number of hydrogen-bond acceptors (Lipinski definition) is 4. The Bertz CT molecular complexity index is 534. The van der Waals surface area contributed by atoms with Gasteiger partial charge in [-0.25, -0.2) is 4.99 Å². The van der Waals surface area contributed by atoms with Gasteiger partial charge in [-0.15, -0.1) is 0 Å². The van der Waals surface area contributed by atoms with Crippen molar-refractivity contribution in [1.82, 2.24) is 10.6 Å². The molecule has 0 aliphatic rings. The fourth-order valence-corrected chi connectivity index (χ4v) is 2.18. The van der Waals surface area contributed by atoms with Gasteiger partial charge in [0.1, 0.15) is 0 Å². The van der Waals surface area contributed by atoms with Crippen LogP contribution in [0, 0.1) is 5.92 Å². The summed E-state index contributed by atoms with van der Waals surface area (Å²) < 4.78 is 16.5. The van der Waals surface area contributed by atoms with Gasteiger partial charge in [-0.2, -0.15) is 0 Å². The molecule has 0 heterocycles. The Balaban J connectivity index is 3.02. The molecule has 0 aliphatic carbocycles. The Kier molecular flexibility index (Phi) is 8.95. The number of benzene rings is 1. The topological polar surface area (TPSA) is 64.1 Å². The number of nitrogens with one attached hydrogen (secondary N) is 2. The average Bonchev–Trinajstić information content (AvgIpc) is 2.60. The first kappa shape index (κ1) is 20.9. The summed E-state index contributed by atoms with van der Waals surface area (Å²) in [7, 11) is 3.25. The van der Waals surface area contributed by atoms with Gasteiger partial charge in [0.15, 0.2) is 17.5 Å². The summed E-state index contributed by atoms with van der Waals surface area (Å²) in [5.41, 5.74) is 0.992. The molecule has 1 aromatic carbocycles. The van der Waals surface area contributed by atoms with Crippen LogP contribution in [0.3, 0.4) is 0 Å². The molecule has 0 amide bonds.